The van der Waals surface area contributed by atoms with E-state index in [9.17, 15) is 13.2 Å². The van der Waals surface area contributed by atoms with E-state index in [1.165, 1.54) is 37.4 Å². The number of benzene rings is 1. The summed E-state index contributed by atoms with van der Waals surface area (Å²) in [4.78, 5) is 14.9. The van der Waals surface area contributed by atoms with Gasteiger partial charge in [0.15, 0.2) is 5.78 Å². The van der Waals surface area contributed by atoms with Gasteiger partial charge in [-0.3, -0.25) is 9.52 Å². The van der Waals surface area contributed by atoms with E-state index in [0.29, 0.717) is 11.3 Å². The number of nitrogen functional groups attached to an aromatic ring is 1. The van der Waals surface area contributed by atoms with Crippen molar-refractivity contribution in [3.05, 3.63) is 48.2 Å². The molecule has 2 rings (SSSR count). The number of carbonyl (C=O) groups excluding carboxylic acids is 1. The van der Waals surface area contributed by atoms with Crippen molar-refractivity contribution in [2.24, 2.45) is 0 Å². The molecule has 0 amide bonds. The van der Waals surface area contributed by atoms with Crippen LogP contribution >= 0.6 is 0 Å². The van der Waals surface area contributed by atoms with Gasteiger partial charge < -0.3 is 5.73 Å². The number of nitrogens with zero attached hydrogens (tertiary/aromatic N) is 1. The Balaban J connectivity index is 2.24. The number of aromatic nitrogens is 1. The van der Waals surface area contributed by atoms with E-state index in [0.717, 1.165) is 0 Å². The van der Waals surface area contributed by atoms with Crippen molar-refractivity contribution in [2.45, 2.75) is 11.8 Å². The molecular weight excluding hydrogens is 278 g/mol. The average Bonchev–Trinajstić information content (AvgIpc) is 2.39. The minimum atomic E-state index is -3.72. The summed E-state index contributed by atoms with van der Waals surface area (Å²) in [5.74, 6) is 0.164. The molecule has 6 nitrogen and oxygen atoms in total. The molecule has 0 saturated heterocycles. The predicted octanol–water partition coefficient (Wildman–Crippen LogP) is 1.67. The number of hydrogen-bond acceptors (Lipinski definition) is 5. The van der Waals surface area contributed by atoms with Crippen molar-refractivity contribution in [1.29, 1.82) is 0 Å². The van der Waals surface area contributed by atoms with E-state index in [2.05, 4.69) is 9.71 Å². The number of hydrogen-bond donors (Lipinski definition) is 2. The topological polar surface area (TPSA) is 102 Å². The zero-order chi connectivity index (χ0) is 14.8. The second kappa shape index (κ2) is 5.30. The number of carbonyl (C=O) groups is 1. The lowest BCUT2D eigenvalue weighted by Crippen LogP contribution is -2.13. The van der Waals surface area contributed by atoms with Gasteiger partial charge in [0.25, 0.3) is 10.0 Å². The highest BCUT2D eigenvalue weighted by Gasteiger charge is 2.14. The zero-order valence-electron chi connectivity index (χ0n) is 10.7. The van der Waals surface area contributed by atoms with Crippen LogP contribution in [0.4, 0.5) is 11.5 Å². The summed E-state index contributed by atoms with van der Waals surface area (Å²) in [5.41, 5.74) is 6.29. The van der Waals surface area contributed by atoms with Crippen LogP contribution in [-0.4, -0.2) is 19.2 Å². The number of rotatable bonds is 4. The van der Waals surface area contributed by atoms with E-state index in [1.54, 1.807) is 12.1 Å². The summed E-state index contributed by atoms with van der Waals surface area (Å²) in [6.45, 7) is 1.44. The molecule has 2 aromatic rings. The van der Waals surface area contributed by atoms with Crippen molar-refractivity contribution in [3.8, 4) is 0 Å². The van der Waals surface area contributed by atoms with Crippen LogP contribution in [0.1, 0.15) is 17.3 Å². The van der Waals surface area contributed by atoms with E-state index < -0.39 is 10.0 Å². The lowest BCUT2D eigenvalue weighted by Gasteiger charge is -2.08. The van der Waals surface area contributed by atoms with Gasteiger partial charge in [-0.15, -0.1) is 0 Å². The lowest BCUT2D eigenvalue weighted by atomic mass is 10.1. The molecule has 0 unspecified atom stereocenters. The van der Waals surface area contributed by atoms with Crippen molar-refractivity contribution in [2.75, 3.05) is 10.5 Å². The average molecular weight is 291 g/mol. The number of nitrogens with two attached hydrogens (primary N) is 1. The molecule has 0 aliphatic rings. The summed E-state index contributed by atoms with van der Waals surface area (Å²) >= 11 is 0. The maximum Gasteiger partial charge on any atom is 0.263 e. The fraction of sp³-hybridized carbons (Fsp3) is 0.0769. The molecule has 7 heteroatoms. The van der Waals surface area contributed by atoms with Crippen molar-refractivity contribution < 1.29 is 13.2 Å². The molecule has 104 valence electrons. The smallest absolute Gasteiger partial charge is 0.263 e. The molecule has 0 radical (unpaired) electrons. The Morgan fingerprint density at radius 2 is 1.80 bits per heavy atom. The Bertz CT molecular complexity index is 722. The normalized spacial score (nSPS) is 11.1. The molecule has 3 N–H and O–H groups in total. The first-order valence-electron chi connectivity index (χ1n) is 5.74. The summed E-state index contributed by atoms with van der Waals surface area (Å²) in [5, 5.41) is 0. The Hall–Kier alpha value is -2.41. The number of Topliss-reactive ketones (excluding diaryl/α,β-unsaturated/α-hetero) is 1. The van der Waals surface area contributed by atoms with Gasteiger partial charge in [0, 0.05) is 17.4 Å². The third-order valence-corrected chi connectivity index (χ3v) is 3.98. The monoisotopic (exact) mass is 291 g/mol. The standard InChI is InChI=1S/C13H13N3O3S/c1-9(17)10-2-4-11(5-3-10)16-20(18,19)12-6-7-13(14)15-8-12/h2-8,16H,1H3,(H2,14,15). The third kappa shape index (κ3) is 3.12. The van der Waals surface area contributed by atoms with Crippen molar-refractivity contribution in [1.82, 2.24) is 4.98 Å². The summed E-state index contributed by atoms with van der Waals surface area (Å²) in [7, 11) is -3.72. The van der Waals surface area contributed by atoms with E-state index in [1.807, 2.05) is 0 Å². The SMILES string of the molecule is CC(=O)c1ccc(NS(=O)(=O)c2ccc(N)nc2)cc1. The minimum absolute atomic E-state index is 0.0161. The number of nitrogens with one attached hydrogen (secondary N) is 1. The third-order valence-electron chi connectivity index (χ3n) is 2.61. The summed E-state index contributed by atoms with van der Waals surface area (Å²) < 4.78 is 26.5. The quantitative estimate of drug-likeness (QED) is 0.834. The first kappa shape index (κ1) is 14.0. The molecule has 20 heavy (non-hydrogen) atoms. The molecule has 1 aromatic carbocycles. The summed E-state index contributed by atoms with van der Waals surface area (Å²) in [6.07, 6.45) is 1.18. The summed E-state index contributed by atoms with van der Waals surface area (Å²) in [6, 6.07) is 8.95. The Labute approximate surface area is 116 Å². The number of ketones is 1. The van der Waals surface area contributed by atoms with Crippen molar-refractivity contribution in [3.63, 3.8) is 0 Å². The Morgan fingerprint density at radius 3 is 2.30 bits per heavy atom. The highest BCUT2D eigenvalue weighted by molar-refractivity contribution is 7.92. The lowest BCUT2D eigenvalue weighted by molar-refractivity contribution is 0.101. The second-order valence-electron chi connectivity index (χ2n) is 4.16. The van der Waals surface area contributed by atoms with Crippen LogP contribution in [0, 0.1) is 0 Å². The second-order valence-corrected chi connectivity index (χ2v) is 5.84. The maximum atomic E-state index is 12.1. The molecule has 0 fully saturated rings. The van der Waals surface area contributed by atoms with E-state index >= 15 is 0 Å². The largest absolute Gasteiger partial charge is 0.384 e. The van der Waals surface area contributed by atoms with Crippen LogP contribution in [-0.2, 0) is 10.0 Å². The highest BCUT2D eigenvalue weighted by atomic mass is 32.2. The van der Waals surface area contributed by atoms with E-state index in [-0.39, 0.29) is 16.5 Å². The fourth-order valence-electron chi connectivity index (χ4n) is 1.54. The molecular formula is C13H13N3O3S. The highest BCUT2D eigenvalue weighted by Crippen LogP contribution is 2.16. The van der Waals surface area contributed by atoms with Crippen molar-refractivity contribution >= 4 is 27.3 Å². The number of anilines is 2. The predicted molar refractivity (Wildman–Crippen MR) is 75.9 cm³/mol. The van der Waals surface area contributed by atoms with Crippen LogP contribution in [0.5, 0.6) is 0 Å². The zero-order valence-corrected chi connectivity index (χ0v) is 11.5. The van der Waals surface area contributed by atoms with Gasteiger partial charge in [-0.05, 0) is 43.3 Å². The molecule has 1 heterocycles. The molecule has 0 bridgehead atoms. The molecule has 0 saturated carbocycles. The maximum absolute atomic E-state index is 12.1. The van der Waals surface area contributed by atoms with Gasteiger partial charge in [-0.1, -0.05) is 0 Å². The molecule has 0 spiro atoms. The van der Waals surface area contributed by atoms with Crippen LogP contribution in [0.15, 0.2) is 47.5 Å². The molecule has 0 aliphatic heterocycles. The number of pyridine rings is 1. The van der Waals surface area contributed by atoms with Crippen LogP contribution in [0.3, 0.4) is 0 Å². The molecule has 0 atom stereocenters. The van der Waals surface area contributed by atoms with Gasteiger partial charge in [0.2, 0.25) is 0 Å². The Kier molecular flexibility index (Phi) is 3.71. The first-order valence-corrected chi connectivity index (χ1v) is 7.22. The van der Waals surface area contributed by atoms with Crippen LogP contribution in [0.2, 0.25) is 0 Å². The van der Waals surface area contributed by atoms with Gasteiger partial charge in [0.1, 0.15) is 10.7 Å². The van der Waals surface area contributed by atoms with Gasteiger partial charge >= 0.3 is 0 Å². The number of sulfonamides is 1. The van der Waals surface area contributed by atoms with Crippen LogP contribution < -0.4 is 10.5 Å². The molecule has 1 aromatic heterocycles. The first-order chi connectivity index (χ1) is 9.38. The minimum Gasteiger partial charge on any atom is -0.384 e. The molecule has 0 aliphatic carbocycles. The van der Waals surface area contributed by atoms with E-state index in [4.69, 9.17) is 5.73 Å². The Morgan fingerprint density at radius 1 is 1.15 bits per heavy atom. The van der Waals surface area contributed by atoms with Crippen LogP contribution in [0.25, 0.3) is 0 Å². The van der Waals surface area contributed by atoms with Gasteiger partial charge in [-0.2, -0.15) is 0 Å². The van der Waals surface area contributed by atoms with Gasteiger partial charge in [0.05, 0.1) is 0 Å². The fourth-order valence-corrected chi connectivity index (χ4v) is 2.54. The van der Waals surface area contributed by atoms with Gasteiger partial charge in [-0.25, -0.2) is 13.4 Å².